The van der Waals surface area contributed by atoms with Crippen LogP contribution in [0.1, 0.15) is 22.8 Å². The lowest BCUT2D eigenvalue weighted by Gasteiger charge is -2.08. The molecule has 3 aromatic heterocycles. The second kappa shape index (κ2) is 16.3. The molecule has 12 heteroatoms. The molecule has 2 aliphatic rings. The second-order valence-electron chi connectivity index (χ2n) is 14.0. The first-order valence-electron chi connectivity index (χ1n) is 17.9. The number of hydrogen-bond acceptors (Lipinski definition) is 0. The van der Waals surface area contributed by atoms with Gasteiger partial charge in [-0.15, -0.1) is 0 Å². The molecule has 58 heavy (non-hydrogen) atoms. The summed E-state index contributed by atoms with van der Waals surface area (Å²) in [5, 5.41) is 0. The molecule has 0 fully saturated rings. The summed E-state index contributed by atoms with van der Waals surface area (Å²) in [5.74, 6) is 0. The highest BCUT2D eigenvalue weighted by Gasteiger charge is 2.28. The van der Waals surface area contributed by atoms with Gasteiger partial charge in [-0.05, 0) is 119 Å². The first-order chi connectivity index (χ1) is 27.8. The molecule has 0 atom stereocenters. The number of aromatic amines is 2. The Balaban J connectivity index is 1.55. The van der Waals surface area contributed by atoms with Gasteiger partial charge in [-0.3, -0.25) is 0 Å². The summed E-state index contributed by atoms with van der Waals surface area (Å²) >= 11 is 30.3. The number of nitrogens with zero attached hydrogens (tertiary/aromatic N) is 2. The molecule has 4 nitrogen and oxygen atoms in total. The highest BCUT2D eigenvalue weighted by Crippen LogP contribution is 2.41. The van der Waals surface area contributed by atoms with E-state index < -0.39 is 0 Å². The highest BCUT2D eigenvalue weighted by molar-refractivity contribution is 9.12. The van der Waals surface area contributed by atoms with Gasteiger partial charge in [-0.1, -0.05) is 127 Å². The number of H-pyrrole nitrogens is 2. The largest absolute Gasteiger partial charge is 0.354 e. The monoisotopic (exact) mass is 1270 g/mol. The fraction of sp³-hybridized carbons (Fsp3) is 0.0435. The zero-order valence-electron chi connectivity index (χ0n) is 30.5. The van der Waals surface area contributed by atoms with Crippen molar-refractivity contribution in [3.8, 4) is 44.5 Å². The number of hydrogen-bond donors (Lipinski definition) is 2. The molecule has 0 saturated heterocycles. The molecule has 0 radical (unpaired) electrons. The van der Waals surface area contributed by atoms with E-state index in [4.69, 9.17) is 0 Å². The van der Waals surface area contributed by atoms with Gasteiger partial charge < -0.3 is 9.97 Å². The highest BCUT2D eigenvalue weighted by atomic mass is 79.9. The molecule has 4 aromatic carbocycles. The number of halogens is 8. The van der Waals surface area contributed by atoms with Gasteiger partial charge in [-0.2, -0.15) is 9.13 Å². The van der Waals surface area contributed by atoms with Crippen LogP contribution < -0.4 is 9.13 Å². The molecule has 2 aliphatic heterocycles. The fourth-order valence-electron chi connectivity index (χ4n) is 7.96. The summed E-state index contributed by atoms with van der Waals surface area (Å²) in [4.78, 5) is 7.86. The molecule has 8 bridgehead atoms. The van der Waals surface area contributed by atoms with Crippen LogP contribution in [0, 0.1) is 0 Å². The Bertz CT molecular complexity index is 2650. The van der Waals surface area contributed by atoms with E-state index in [1.807, 2.05) is 0 Å². The summed E-state index contributed by atoms with van der Waals surface area (Å²) in [5.41, 5.74) is 16.7. The average molecular weight is 1280 g/mol. The van der Waals surface area contributed by atoms with E-state index in [1.165, 1.54) is 0 Å². The van der Waals surface area contributed by atoms with Gasteiger partial charge in [0.1, 0.15) is 14.1 Å². The molecule has 0 amide bonds. The molecule has 0 spiro atoms. The Morgan fingerprint density at radius 2 is 0.500 bits per heavy atom. The van der Waals surface area contributed by atoms with Gasteiger partial charge in [-0.25, -0.2) is 0 Å². The Kier molecular flexibility index (Phi) is 11.4. The van der Waals surface area contributed by atoms with Gasteiger partial charge in [0, 0.05) is 60.1 Å². The molecular weight excluding hydrogens is 1250 g/mol. The lowest BCUT2D eigenvalue weighted by Crippen LogP contribution is -2.33. The van der Waals surface area contributed by atoms with Crippen molar-refractivity contribution in [3.05, 3.63) is 156 Å². The molecule has 0 unspecified atom stereocenters. The lowest BCUT2D eigenvalue weighted by molar-refractivity contribution is -0.671. The maximum atomic E-state index is 3.93. The van der Waals surface area contributed by atoms with Crippen molar-refractivity contribution < 1.29 is 9.13 Å². The number of fused-ring (bicyclic) bond motifs is 8. The first-order valence-corrected chi connectivity index (χ1v) is 24.2. The Morgan fingerprint density at radius 1 is 0.310 bits per heavy atom. The minimum atomic E-state index is 0.981. The summed E-state index contributed by atoms with van der Waals surface area (Å²) in [6.07, 6.45) is 8.91. The Morgan fingerprint density at radius 3 is 0.690 bits per heavy atom. The zero-order valence-corrected chi connectivity index (χ0v) is 43.2. The van der Waals surface area contributed by atoms with E-state index in [-0.39, 0.29) is 0 Å². The average Bonchev–Trinajstić information content (AvgIpc) is 3.95. The minimum Gasteiger partial charge on any atom is -0.354 e. The zero-order chi connectivity index (χ0) is 40.6. The molecule has 2 N–H and O–H groups in total. The number of rotatable bonds is 4. The van der Waals surface area contributed by atoms with E-state index in [2.05, 4.69) is 282 Å². The molecule has 5 heterocycles. The predicted molar refractivity (Wildman–Crippen MR) is 269 cm³/mol. The molecular formula is C46H28Br8N4+2. The molecule has 9 rings (SSSR count). The number of aromatic nitrogens is 4. The van der Waals surface area contributed by atoms with Crippen LogP contribution in [0.15, 0.2) is 133 Å². The van der Waals surface area contributed by atoms with Gasteiger partial charge in [0.05, 0.1) is 44.3 Å². The van der Waals surface area contributed by atoms with Gasteiger partial charge >= 0.3 is 0 Å². The van der Waals surface area contributed by atoms with Crippen LogP contribution in [0.3, 0.4) is 0 Å². The van der Waals surface area contributed by atoms with Gasteiger partial charge in [0.25, 0.3) is 0 Å². The van der Waals surface area contributed by atoms with Crippen LogP contribution in [0.25, 0.3) is 90.9 Å². The van der Waals surface area contributed by atoms with Crippen LogP contribution in [0.4, 0.5) is 0 Å². The lowest BCUT2D eigenvalue weighted by atomic mass is 10.0. The Hall–Kier alpha value is -2.68. The van der Waals surface area contributed by atoms with E-state index >= 15 is 0 Å². The van der Waals surface area contributed by atoms with E-state index in [9.17, 15) is 0 Å². The van der Waals surface area contributed by atoms with E-state index in [0.717, 1.165) is 125 Å². The SMILES string of the molecule is C[n+]1c2c(-c3cc(Br)cc(Br)c3)c3ccc([nH]3)c(-c3cc(Br)cc(Br)c3)c3[n+](C)c(c(-c4cc(Br)cc(Br)c4)c4ccc([nH]4)c(-c4cc(Br)cc(Br)c4)c1C=C2)C=C3. The van der Waals surface area contributed by atoms with Gasteiger partial charge in [0.15, 0.2) is 0 Å². The van der Waals surface area contributed by atoms with Crippen molar-refractivity contribution in [1.82, 2.24) is 9.97 Å². The summed E-state index contributed by atoms with van der Waals surface area (Å²) in [6, 6.07) is 34.5. The van der Waals surface area contributed by atoms with Crippen LogP contribution in [-0.2, 0) is 14.1 Å². The normalized spacial score (nSPS) is 12.2. The predicted octanol–water partition coefficient (Wildman–Crippen LogP) is 16.3. The molecule has 0 saturated carbocycles. The fourth-order valence-corrected chi connectivity index (χ4v) is 13.1. The number of nitrogens with one attached hydrogen (secondary N) is 2. The van der Waals surface area contributed by atoms with E-state index in [1.54, 1.807) is 0 Å². The Labute approximate surface area is 402 Å². The van der Waals surface area contributed by atoms with Crippen molar-refractivity contribution >= 4 is 174 Å². The third-order valence-electron chi connectivity index (χ3n) is 10.3. The maximum absolute atomic E-state index is 3.93. The molecule has 7 aromatic rings. The summed E-state index contributed by atoms with van der Waals surface area (Å²) in [7, 11) is 4.30. The van der Waals surface area contributed by atoms with Crippen molar-refractivity contribution in [3.63, 3.8) is 0 Å². The third-order valence-corrected chi connectivity index (χ3v) is 14.0. The quantitative estimate of drug-likeness (QED) is 0.165. The van der Waals surface area contributed by atoms with Gasteiger partial charge in [0.2, 0.25) is 22.8 Å². The minimum absolute atomic E-state index is 0.981. The third kappa shape index (κ3) is 7.74. The smallest absolute Gasteiger partial charge is 0.215 e. The summed E-state index contributed by atoms with van der Waals surface area (Å²) in [6.45, 7) is 0. The standard InChI is InChI=1S/C46H26Br8N4/c1-57-39-7-8-40(57)44(24-13-29(49)20-30(50)14-24)36-4-6-38(56-36)46(26-17-33(53)22-34(54)18-26)42-10-9-41(58(42)2)45(25-15-31(51)21-32(52)16-25)37-5-3-35(55-37)43(39)23-11-27(47)19-28(48)12-23/h3-22H,1-2H3/p+2. The van der Waals surface area contributed by atoms with Crippen LogP contribution in [0.2, 0.25) is 0 Å². The van der Waals surface area contributed by atoms with E-state index in [0.29, 0.717) is 0 Å². The second-order valence-corrected chi connectivity index (χ2v) is 21.4. The van der Waals surface area contributed by atoms with Crippen molar-refractivity contribution in [1.29, 1.82) is 0 Å². The molecule has 286 valence electrons. The summed E-state index contributed by atoms with van der Waals surface area (Å²) < 4.78 is 12.5. The maximum Gasteiger partial charge on any atom is 0.215 e. The van der Waals surface area contributed by atoms with Crippen molar-refractivity contribution in [2.45, 2.75) is 0 Å². The molecule has 0 aliphatic carbocycles. The van der Waals surface area contributed by atoms with Crippen molar-refractivity contribution in [2.24, 2.45) is 14.1 Å². The van der Waals surface area contributed by atoms with Crippen LogP contribution >= 0.6 is 127 Å². The topological polar surface area (TPSA) is 39.3 Å². The first kappa shape index (κ1) is 40.7. The van der Waals surface area contributed by atoms with Crippen LogP contribution in [0.5, 0.6) is 0 Å². The number of benzene rings is 4. The van der Waals surface area contributed by atoms with Crippen LogP contribution in [-0.4, -0.2) is 9.97 Å². The van der Waals surface area contributed by atoms with Crippen molar-refractivity contribution in [2.75, 3.05) is 0 Å².